The maximum absolute atomic E-state index is 12.9. The molecule has 0 saturated heterocycles. The Kier molecular flexibility index (Phi) is 5.13. The van der Waals surface area contributed by atoms with Crippen LogP contribution in [-0.4, -0.2) is 31.9 Å². The van der Waals surface area contributed by atoms with Gasteiger partial charge in [-0.2, -0.15) is 0 Å². The summed E-state index contributed by atoms with van der Waals surface area (Å²) in [6.07, 6.45) is 0. The van der Waals surface area contributed by atoms with Crippen molar-refractivity contribution in [3.05, 3.63) is 29.0 Å². The van der Waals surface area contributed by atoms with E-state index in [0.717, 1.165) is 6.07 Å². The van der Waals surface area contributed by atoms with Crippen molar-refractivity contribution in [2.75, 3.05) is 11.1 Å². The van der Waals surface area contributed by atoms with E-state index in [0.29, 0.717) is 10.8 Å². The second-order valence-electron chi connectivity index (χ2n) is 4.46. The molecule has 0 spiro atoms. The number of amides is 1. The second-order valence-corrected chi connectivity index (χ2v) is 5.81. The van der Waals surface area contributed by atoms with E-state index in [1.165, 1.54) is 23.9 Å². The van der Waals surface area contributed by atoms with E-state index in [2.05, 4.69) is 20.8 Å². The first-order chi connectivity index (χ1) is 9.97. The van der Waals surface area contributed by atoms with E-state index in [9.17, 15) is 9.18 Å². The average Bonchev–Trinajstić information content (AvgIpc) is 2.88. The molecule has 0 fully saturated rings. The molecule has 0 aliphatic carbocycles. The number of anilines is 1. The van der Waals surface area contributed by atoms with Crippen molar-refractivity contribution in [2.45, 2.75) is 25.0 Å². The number of carbonyl (C=O) groups excluding carboxylic acids is 1. The Morgan fingerprint density at radius 3 is 2.95 bits per heavy atom. The monoisotopic (exact) mass is 329 g/mol. The molecular weight excluding hydrogens is 317 g/mol. The third-order valence-electron chi connectivity index (χ3n) is 2.49. The van der Waals surface area contributed by atoms with Gasteiger partial charge in [-0.05, 0) is 42.5 Å². The van der Waals surface area contributed by atoms with Gasteiger partial charge in [0.25, 0.3) is 0 Å². The summed E-state index contributed by atoms with van der Waals surface area (Å²) in [5.74, 6) is -0.601. The molecule has 0 unspecified atom stereocenters. The lowest BCUT2D eigenvalue weighted by molar-refractivity contribution is -0.113. The highest BCUT2D eigenvalue weighted by Gasteiger charge is 2.13. The molecule has 9 heteroatoms. The van der Waals surface area contributed by atoms with Crippen LogP contribution < -0.4 is 5.32 Å². The van der Waals surface area contributed by atoms with Gasteiger partial charge in [-0.1, -0.05) is 23.4 Å². The number of aromatic nitrogens is 4. The summed E-state index contributed by atoms with van der Waals surface area (Å²) in [6, 6.07) is 3.90. The largest absolute Gasteiger partial charge is 0.324 e. The number of thioether (sulfide) groups is 1. The van der Waals surface area contributed by atoms with Crippen LogP contribution in [-0.2, 0) is 4.79 Å². The molecule has 1 amide bonds. The predicted octanol–water partition coefficient (Wildman–Crippen LogP) is 2.78. The van der Waals surface area contributed by atoms with E-state index >= 15 is 0 Å². The van der Waals surface area contributed by atoms with Gasteiger partial charge in [-0.15, -0.1) is 5.10 Å². The fourth-order valence-corrected chi connectivity index (χ4v) is 2.53. The van der Waals surface area contributed by atoms with Gasteiger partial charge in [0.1, 0.15) is 5.82 Å². The topological polar surface area (TPSA) is 72.7 Å². The maximum atomic E-state index is 12.9. The van der Waals surface area contributed by atoms with Crippen molar-refractivity contribution in [3.8, 4) is 0 Å². The fourth-order valence-electron chi connectivity index (χ4n) is 1.51. The summed E-state index contributed by atoms with van der Waals surface area (Å²) in [7, 11) is 0. The first-order valence-electron chi connectivity index (χ1n) is 6.13. The van der Waals surface area contributed by atoms with Gasteiger partial charge < -0.3 is 5.32 Å². The van der Waals surface area contributed by atoms with E-state index in [1.807, 2.05) is 13.8 Å². The normalized spacial score (nSPS) is 10.9. The molecule has 6 nitrogen and oxygen atoms in total. The number of hydrogen-bond acceptors (Lipinski definition) is 5. The highest BCUT2D eigenvalue weighted by Crippen LogP contribution is 2.23. The fraction of sp³-hybridized carbons (Fsp3) is 0.333. The van der Waals surface area contributed by atoms with E-state index in [-0.39, 0.29) is 22.7 Å². The van der Waals surface area contributed by atoms with Crippen molar-refractivity contribution >= 4 is 35.0 Å². The maximum Gasteiger partial charge on any atom is 0.234 e. The third-order valence-corrected chi connectivity index (χ3v) is 3.74. The molecule has 0 aliphatic rings. The zero-order valence-electron chi connectivity index (χ0n) is 11.4. The lowest BCUT2D eigenvalue weighted by Crippen LogP contribution is -2.15. The molecule has 1 N–H and O–H groups in total. The Balaban J connectivity index is 1.94. The van der Waals surface area contributed by atoms with Crippen LogP contribution in [0, 0.1) is 5.82 Å². The highest BCUT2D eigenvalue weighted by atomic mass is 35.5. The molecule has 1 aromatic heterocycles. The lowest BCUT2D eigenvalue weighted by Gasteiger charge is -2.08. The third kappa shape index (κ3) is 4.15. The molecule has 112 valence electrons. The van der Waals surface area contributed by atoms with Crippen molar-refractivity contribution in [1.29, 1.82) is 0 Å². The Hall–Kier alpha value is -1.67. The van der Waals surface area contributed by atoms with E-state index in [4.69, 9.17) is 11.6 Å². The zero-order valence-corrected chi connectivity index (χ0v) is 13.0. The molecule has 1 heterocycles. The van der Waals surface area contributed by atoms with Crippen LogP contribution >= 0.6 is 23.4 Å². The zero-order chi connectivity index (χ0) is 15.4. The van der Waals surface area contributed by atoms with Gasteiger partial charge in [0.2, 0.25) is 11.1 Å². The predicted molar refractivity (Wildman–Crippen MR) is 79.0 cm³/mol. The summed E-state index contributed by atoms with van der Waals surface area (Å²) in [4.78, 5) is 11.9. The number of rotatable bonds is 5. The Morgan fingerprint density at radius 1 is 1.52 bits per heavy atom. The van der Waals surface area contributed by atoms with Crippen LogP contribution in [0.5, 0.6) is 0 Å². The van der Waals surface area contributed by atoms with Gasteiger partial charge >= 0.3 is 0 Å². The van der Waals surface area contributed by atoms with Crippen molar-refractivity contribution < 1.29 is 9.18 Å². The van der Waals surface area contributed by atoms with E-state index in [1.54, 1.807) is 4.68 Å². The highest BCUT2D eigenvalue weighted by molar-refractivity contribution is 7.99. The molecule has 2 aromatic rings. The van der Waals surface area contributed by atoms with Crippen LogP contribution in [0.25, 0.3) is 0 Å². The van der Waals surface area contributed by atoms with Crippen molar-refractivity contribution in [2.24, 2.45) is 0 Å². The molecule has 1 aromatic carbocycles. The van der Waals surface area contributed by atoms with Gasteiger partial charge in [0, 0.05) is 0 Å². The van der Waals surface area contributed by atoms with Gasteiger partial charge in [0.15, 0.2) is 0 Å². The summed E-state index contributed by atoms with van der Waals surface area (Å²) >= 11 is 7.06. The molecule has 2 rings (SSSR count). The minimum Gasteiger partial charge on any atom is -0.324 e. The molecule has 21 heavy (non-hydrogen) atoms. The van der Waals surface area contributed by atoms with Gasteiger partial charge in [-0.3, -0.25) is 4.79 Å². The summed E-state index contributed by atoms with van der Waals surface area (Å²) < 4.78 is 14.5. The average molecular weight is 330 g/mol. The Bertz CT molecular complexity index is 648. The minimum absolute atomic E-state index is 0.108. The lowest BCUT2D eigenvalue weighted by atomic mass is 10.3. The number of nitrogens with one attached hydrogen (secondary N) is 1. The van der Waals surface area contributed by atoms with Crippen LogP contribution in [0.2, 0.25) is 5.02 Å². The Labute approximate surface area is 130 Å². The number of benzene rings is 1. The number of tetrazole rings is 1. The molecular formula is C12H13ClFN5OS. The van der Waals surface area contributed by atoms with E-state index < -0.39 is 5.82 Å². The number of carbonyl (C=O) groups is 1. The summed E-state index contributed by atoms with van der Waals surface area (Å²) in [6.45, 7) is 3.89. The van der Waals surface area contributed by atoms with Crippen molar-refractivity contribution in [3.63, 3.8) is 0 Å². The number of nitrogens with zero attached hydrogens (tertiary/aromatic N) is 4. The standard InChI is InChI=1S/C12H13ClFN5OS/c1-7(2)19-12(16-17-18-19)21-6-11(20)15-10-4-3-8(14)5-9(10)13/h3-5,7H,6H2,1-2H3,(H,15,20). The van der Waals surface area contributed by atoms with Crippen LogP contribution in [0.1, 0.15) is 19.9 Å². The van der Waals surface area contributed by atoms with Gasteiger partial charge in [0.05, 0.1) is 22.5 Å². The molecule has 0 saturated carbocycles. The molecule has 0 bridgehead atoms. The number of hydrogen-bond donors (Lipinski definition) is 1. The SMILES string of the molecule is CC(C)n1nnnc1SCC(=O)Nc1ccc(F)cc1Cl. The molecule has 0 atom stereocenters. The summed E-state index contributed by atoms with van der Waals surface area (Å²) in [5, 5.41) is 14.6. The number of halogens is 2. The first kappa shape index (κ1) is 15.7. The second kappa shape index (κ2) is 6.86. The first-order valence-corrected chi connectivity index (χ1v) is 7.49. The van der Waals surface area contributed by atoms with Crippen LogP contribution in [0.15, 0.2) is 23.4 Å². The molecule has 0 aliphatic heterocycles. The Morgan fingerprint density at radius 2 is 2.29 bits per heavy atom. The minimum atomic E-state index is -0.455. The van der Waals surface area contributed by atoms with Gasteiger partial charge in [-0.25, -0.2) is 9.07 Å². The smallest absolute Gasteiger partial charge is 0.234 e. The quantitative estimate of drug-likeness (QED) is 0.854. The summed E-state index contributed by atoms with van der Waals surface area (Å²) in [5.41, 5.74) is 0.368. The molecule has 0 radical (unpaired) electrons. The van der Waals surface area contributed by atoms with Crippen LogP contribution in [0.4, 0.5) is 10.1 Å². The van der Waals surface area contributed by atoms with Crippen molar-refractivity contribution in [1.82, 2.24) is 20.2 Å². The van der Waals surface area contributed by atoms with Crippen LogP contribution in [0.3, 0.4) is 0 Å².